The molecule has 2 unspecified atom stereocenters. The van der Waals surface area contributed by atoms with Gasteiger partial charge in [-0.05, 0) is 26.4 Å². The van der Waals surface area contributed by atoms with Crippen LogP contribution < -0.4 is 11.1 Å². The molecule has 1 aliphatic heterocycles. The van der Waals surface area contributed by atoms with Gasteiger partial charge in [-0.25, -0.2) is 0 Å². The van der Waals surface area contributed by atoms with Gasteiger partial charge in [0.25, 0.3) is 0 Å². The maximum absolute atomic E-state index is 11.8. The van der Waals surface area contributed by atoms with Crippen LogP contribution in [0.2, 0.25) is 0 Å². The van der Waals surface area contributed by atoms with Crippen LogP contribution in [0, 0.1) is 5.92 Å². The maximum Gasteiger partial charge on any atom is 0.222 e. The van der Waals surface area contributed by atoms with E-state index in [1.165, 1.54) is 0 Å². The second kappa shape index (κ2) is 7.63. The van der Waals surface area contributed by atoms with Crippen LogP contribution in [0.1, 0.15) is 19.8 Å². The van der Waals surface area contributed by atoms with E-state index in [-0.39, 0.29) is 17.9 Å². The first-order valence-corrected chi connectivity index (χ1v) is 6.41. The zero-order valence-corrected chi connectivity index (χ0v) is 10.9. The fourth-order valence-corrected chi connectivity index (χ4v) is 1.93. The second-order valence-electron chi connectivity index (χ2n) is 4.83. The Bertz CT molecular complexity index is 236. The van der Waals surface area contributed by atoms with E-state index in [0.717, 1.165) is 32.5 Å². The molecule has 1 aliphatic rings. The molecular weight excluding hydrogens is 218 g/mol. The Morgan fingerprint density at radius 2 is 2.41 bits per heavy atom. The molecule has 0 bridgehead atoms. The molecule has 2 atom stereocenters. The van der Waals surface area contributed by atoms with Crippen molar-refractivity contribution in [3.8, 4) is 0 Å². The average Bonchev–Trinajstić information content (AvgIpc) is 2.33. The lowest BCUT2D eigenvalue weighted by Crippen LogP contribution is -2.46. The minimum absolute atomic E-state index is 0.0415. The van der Waals surface area contributed by atoms with E-state index < -0.39 is 0 Å². The minimum atomic E-state index is 0.0415. The van der Waals surface area contributed by atoms with Crippen LogP contribution in [-0.4, -0.2) is 56.7 Å². The molecule has 17 heavy (non-hydrogen) atoms. The highest BCUT2D eigenvalue weighted by Gasteiger charge is 2.19. The quantitative estimate of drug-likeness (QED) is 0.678. The molecular formula is C12H25N3O2. The first-order chi connectivity index (χ1) is 8.13. The predicted octanol–water partition coefficient (Wildman–Crippen LogP) is -0.192. The Labute approximate surface area is 104 Å². The van der Waals surface area contributed by atoms with E-state index in [2.05, 4.69) is 17.3 Å². The molecule has 0 aliphatic carbocycles. The van der Waals surface area contributed by atoms with Gasteiger partial charge in [-0.1, -0.05) is 6.92 Å². The van der Waals surface area contributed by atoms with Gasteiger partial charge in [0.1, 0.15) is 0 Å². The van der Waals surface area contributed by atoms with E-state index in [4.69, 9.17) is 10.5 Å². The number of nitrogens with one attached hydrogen (secondary N) is 1. The molecule has 1 rings (SSSR count). The van der Waals surface area contributed by atoms with Crippen molar-refractivity contribution < 1.29 is 9.53 Å². The molecule has 0 aromatic carbocycles. The molecule has 1 amide bonds. The highest BCUT2D eigenvalue weighted by Crippen LogP contribution is 2.06. The summed E-state index contributed by atoms with van der Waals surface area (Å²) < 4.78 is 5.58. The smallest absolute Gasteiger partial charge is 0.222 e. The van der Waals surface area contributed by atoms with Gasteiger partial charge in [0.05, 0.1) is 12.7 Å². The average molecular weight is 243 g/mol. The first kappa shape index (κ1) is 14.4. The van der Waals surface area contributed by atoms with E-state index in [1.807, 2.05) is 6.92 Å². The van der Waals surface area contributed by atoms with Crippen LogP contribution >= 0.6 is 0 Å². The number of rotatable bonds is 6. The van der Waals surface area contributed by atoms with Gasteiger partial charge < -0.3 is 20.7 Å². The van der Waals surface area contributed by atoms with Gasteiger partial charge in [-0.2, -0.15) is 0 Å². The number of nitrogens with zero attached hydrogens (tertiary/aromatic N) is 1. The molecule has 100 valence electrons. The van der Waals surface area contributed by atoms with Crippen LogP contribution in [0.4, 0.5) is 0 Å². The number of carbonyl (C=O) groups is 1. The maximum atomic E-state index is 11.8. The molecule has 1 heterocycles. The normalized spacial score (nSPS) is 23.4. The molecule has 1 fully saturated rings. The van der Waals surface area contributed by atoms with Crippen molar-refractivity contribution in [3.63, 3.8) is 0 Å². The summed E-state index contributed by atoms with van der Waals surface area (Å²) in [6.07, 6.45) is 1.88. The molecule has 0 aromatic heterocycles. The molecule has 5 nitrogen and oxygen atoms in total. The Hall–Kier alpha value is -0.650. The lowest BCUT2D eigenvalue weighted by Gasteiger charge is -2.30. The summed E-state index contributed by atoms with van der Waals surface area (Å²) in [5, 5.41) is 2.95. The van der Waals surface area contributed by atoms with Crippen LogP contribution in [0.15, 0.2) is 0 Å². The fraction of sp³-hybridized carbons (Fsp3) is 0.917. The largest absolute Gasteiger partial charge is 0.374 e. The Balaban J connectivity index is 2.18. The lowest BCUT2D eigenvalue weighted by molar-refractivity contribution is -0.125. The fourth-order valence-electron chi connectivity index (χ4n) is 1.93. The number of hydrogen-bond donors (Lipinski definition) is 2. The van der Waals surface area contributed by atoms with Gasteiger partial charge in [-0.3, -0.25) is 4.79 Å². The molecule has 0 aromatic rings. The highest BCUT2D eigenvalue weighted by atomic mass is 16.5. The Morgan fingerprint density at radius 1 is 1.65 bits per heavy atom. The summed E-state index contributed by atoms with van der Waals surface area (Å²) in [6.45, 7) is 5.80. The number of hydrogen-bond acceptors (Lipinski definition) is 4. The van der Waals surface area contributed by atoms with E-state index in [0.29, 0.717) is 13.1 Å². The van der Waals surface area contributed by atoms with Crippen LogP contribution in [0.3, 0.4) is 0 Å². The molecule has 5 heteroatoms. The first-order valence-electron chi connectivity index (χ1n) is 6.41. The van der Waals surface area contributed by atoms with Gasteiger partial charge in [0, 0.05) is 25.6 Å². The lowest BCUT2D eigenvalue weighted by atomic mass is 10.0. The van der Waals surface area contributed by atoms with E-state index in [1.54, 1.807) is 0 Å². The molecule has 0 radical (unpaired) electrons. The third-order valence-corrected chi connectivity index (χ3v) is 3.13. The SMILES string of the molecule is CC(CCCN)C(=O)NCC1CN(C)CCO1. The Kier molecular flexibility index (Phi) is 6.47. The van der Waals surface area contributed by atoms with Crippen LogP contribution in [0.5, 0.6) is 0 Å². The van der Waals surface area contributed by atoms with Gasteiger partial charge in [0.15, 0.2) is 0 Å². The standard InChI is InChI=1S/C12H25N3O2/c1-10(4-3-5-13)12(16)14-8-11-9-15(2)6-7-17-11/h10-11H,3-9,13H2,1-2H3,(H,14,16). The summed E-state index contributed by atoms with van der Waals surface area (Å²) in [6, 6.07) is 0. The third kappa shape index (κ3) is 5.48. The van der Waals surface area contributed by atoms with Crippen molar-refractivity contribution in [2.75, 3.05) is 39.8 Å². The number of morpholine rings is 1. The van der Waals surface area contributed by atoms with Gasteiger partial charge in [-0.15, -0.1) is 0 Å². The molecule has 0 saturated carbocycles. The van der Waals surface area contributed by atoms with Crippen LogP contribution in [-0.2, 0) is 9.53 Å². The zero-order chi connectivity index (χ0) is 12.7. The molecule has 1 saturated heterocycles. The van der Waals surface area contributed by atoms with Crippen LogP contribution in [0.25, 0.3) is 0 Å². The van der Waals surface area contributed by atoms with Crippen molar-refractivity contribution in [2.45, 2.75) is 25.9 Å². The third-order valence-electron chi connectivity index (χ3n) is 3.13. The molecule has 0 spiro atoms. The summed E-state index contributed by atoms with van der Waals surface area (Å²) in [4.78, 5) is 14.0. The topological polar surface area (TPSA) is 67.6 Å². The van der Waals surface area contributed by atoms with Gasteiger partial charge in [0.2, 0.25) is 5.91 Å². The number of ether oxygens (including phenoxy) is 1. The number of amides is 1. The van der Waals surface area contributed by atoms with Gasteiger partial charge >= 0.3 is 0 Å². The summed E-state index contributed by atoms with van der Waals surface area (Å²) >= 11 is 0. The zero-order valence-electron chi connectivity index (χ0n) is 10.9. The minimum Gasteiger partial charge on any atom is -0.374 e. The number of nitrogens with two attached hydrogens (primary N) is 1. The Morgan fingerprint density at radius 3 is 3.06 bits per heavy atom. The summed E-state index contributed by atoms with van der Waals surface area (Å²) in [5.41, 5.74) is 5.43. The molecule has 3 N–H and O–H groups in total. The second-order valence-corrected chi connectivity index (χ2v) is 4.83. The number of likely N-dealkylation sites (N-methyl/N-ethyl adjacent to an activating group) is 1. The van der Waals surface area contributed by atoms with Crippen molar-refractivity contribution in [3.05, 3.63) is 0 Å². The van der Waals surface area contributed by atoms with E-state index >= 15 is 0 Å². The number of carbonyl (C=O) groups excluding carboxylic acids is 1. The van der Waals surface area contributed by atoms with Crippen molar-refractivity contribution in [1.82, 2.24) is 10.2 Å². The van der Waals surface area contributed by atoms with Crippen molar-refractivity contribution in [2.24, 2.45) is 11.7 Å². The predicted molar refractivity (Wildman–Crippen MR) is 67.7 cm³/mol. The summed E-state index contributed by atoms with van der Waals surface area (Å²) in [7, 11) is 2.07. The van der Waals surface area contributed by atoms with Crippen molar-refractivity contribution >= 4 is 5.91 Å². The summed E-state index contributed by atoms with van der Waals surface area (Å²) in [5.74, 6) is 0.148. The highest BCUT2D eigenvalue weighted by molar-refractivity contribution is 5.78. The van der Waals surface area contributed by atoms with Crippen molar-refractivity contribution in [1.29, 1.82) is 0 Å². The van der Waals surface area contributed by atoms with E-state index in [9.17, 15) is 4.79 Å². The monoisotopic (exact) mass is 243 g/mol.